The molecule has 6 heteroatoms. The fourth-order valence-corrected chi connectivity index (χ4v) is 2.84. The second kappa shape index (κ2) is 7.10. The molecular weight excluding hydrogens is 301 g/mol. The zero-order valence-electron chi connectivity index (χ0n) is 10.5. The molecule has 0 saturated carbocycles. The minimum atomic E-state index is 0.594. The van der Waals surface area contributed by atoms with Crippen LogP contribution in [0.3, 0.4) is 0 Å². The maximum Gasteiger partial charge on any atom is 0.187 e. The van der Waals surface area contributed by atoms with Crippen LogP contribution in [0.1, 0.15) is 12.6 Å². The quantitative estimate of drug-likeness (QED) is 0.778. The lowest BCUT2D eigenvalue weighted by atomic mass is 10.3. The first-order valence-corrected chi connectivity index (χ1v) is 7.70. The number of hydrogen-bond donors (Lipinski definition) is 2. The summed E-state index contributed by atoms with van der Waals surface area (Å²) < 4.78 is 0. The van der Waals surface area contributed by atoms with Gasteiger partial charge in [-0.1, -0.05) is 36.2 Å². The maximum absolute atomic E-state index is 6.11. The Morgan fingerprint density at radius 1 is 1.26 bits per heavy atom. The van der Waals surface area contributed by atoms with Crippen molar-refractivity contribution in [1.82, 2.24) is 10.3 Å². The fourth-order valence-electron chi connectivity index (χ4n) is 1.60. The number of likely N-dealkylation sites (N-methyl/N-ethyl adjacent to an activating group) is 1. The van der Waals surface area contributed by atoms with Crippen LogP contribution in [0.5, 0.6) is 0 Å². The number of nitrogens with one attached hydrogen (secondary N) is 2. The van der Waals surface area contributed by atoms with E-state index in [0.717, 1.165) is 30.3 Å². The standard InChI is InChI=1S/C13H15Cl2N3S/c1-2-16-7-6-9-8-19-13(17-9)18-12-10(14)4-3-5-11(12)15/h3-5,8,16H,2,6-7H2,1H3,(H,17,18). The Morgan fingerprint density at radius 2 is 2.00 bits per heavy atom. The third-order valence-corrected chi connectivity index (χ3v) is 3.99. The first kappa shape index (κ1) is 14.6. The predicted molar refractivity (Wildman–Crippen MR) is 84.1 cm³/mol. The average molecular weight is 316 g/mol. The SMILES string of the molecule is CCNCCc1csc(Nc2c(Cl)cccc2Cl)n1. The lowest BCUT2D eigenvalue weighted by Crippen LogP contribution is -2.16. The molecule has 1 heterocycles. The number of anilines is 2. The summed E-state index contributed by atoms with van der Waals surface area (Å²) in [6.07, 6.45) is 0.919. The van der Waals surface area contributed by atoms with Crippen LogP contribution >= 0.6 is 34.5 Å². The van der Waals surface area contributed by atoms with Crippen molar-refractivity contribution in [2.45, 2.75) is 13.3 Å². The van der Waals surface area contributed by atoms with Crippen molar-refractivity contribution < 1.29 is 0 Å². The highest BCUT2D eigenvalue weighted by atomic mass is 35.5. The van der Waals surface area contributed by atoms with Gasteiger partial charge in [-0.05, 0) is 18.7 Å². The smallest absolute Gasteiger partial charge is 0.187 e. The molecule has 19 heavy (non-hydrogen) atoms. The highest BCUT2D eigenvalue weighted by Crippen LogP contribution is 2.33. The number of para-hydroxylation sites is 1. The highest BCUT2D eigenvalue weighted by Gasteiger charge is 2.08. The molecule has 0 aliphatic rings. The minimum absolute atomic E-state index is 0.594. The van der Waals surface area contributed by atoms with Crippen molar-refractivity contribution in [2.75, 3.05) is 18.4 Å². The molecule has 0 atom stereocenters. The molecule has 0 spiro atoms. The molecule has 0 aliphatic carbocycles. The Balaban J connectivity index is 2.03. The van der Waals surface area contributed by atoms with Crippen LogP contribution in [0, 0.1) is 0 Å². The average Bonchev–Trinajstić information content (AvgIpc) is 2.82. The predicted octanol–water partition coefficient (Wildman–Crippen LogP) is 4.35. The zero-order chi connectivity index (χ0) is 13.7. The van der Waals surface area contributed by atoms with Crippen LogP contribution in [-0.2, 0) is 6.42 Å². The van der Waals surface area contributed by atoms with E-state index in [4.69, 9.17) is 23.2 Å². The number of hydrogen-bond acceptors (Lipinski definition) is 4. The van der Waals surface area contributed by atoms with Crippen molar-refractivity contribution in [3.8, 4) is 0 Å². The van der Waals surface area contributed by atoms with Crippen LogP contribution in [-0.4, -0.2) is 18.1 Å². The van der Waals surface area contributed by atoms with Gasteiger partial charge in [0.25, 0.3) is 0 Å². The Bertz CT molecular complexity index is 522. The topological polar surface area (TPSA) is 37.0 Å². The largest absolute Gasteiger partial charge is 0.329 e. The normalized spacial score (nSPS) is 10.7. The van der Waals surface area contributed by atoms with Gasteiger partial charge in [-0.3, -0.25) is 0 Å². The Hall–Kier alpha value is -0.810. The van der Waals surface area contributed by atoms with E-state index in [9.17, 15) is 0 Å². The van der Waals surface area contributed by atoms with Gasteiger partial charge in [-0.25, -0.2) is 4.98 Å². The van der Waals surface area contributed by atoms with Crippen LogP contribution in [0.2, 0.25) is 10.0 Å². The van der Waals surface area contributed by atoms with Gasteiger partial charge >= 0.3 is 0 Å². The van der Waals surface area contributed by atoms with Crippen LogP contribution in [0.4, 0.5) is 10.8 Å². The third-order valence-electron chi connectivity index (χ3n) is 2.55. The number of aromatic nitrogens is 1. The molecule has 0 saturated heterocycles. The molecule has 0 bridgehead atoms. The number of halogens is 2. The van der Waals surface area contributed by atoms with E-state index in [1.807, 2.05) is 11.4 Å². The van der Waals surface area contributed by atoms with Crippen LogP contribution < -0.4 is 10.6 Å². The Morgan fingerprint density at radius 3 is 2.68 bits per heavy atom. The Labute approximate surface area is 127 Å². The van der Waals surface area contributed by atoms with Crippen LogP contribution in [0.25, 0.3) is 0 Å². The first-order chi connectivity index (χ1) is 9.20. The first-order valence-electron chi connectivity index (χ1n) is 6.07. The summed E-state index contributed by atoms with van der Waals surface area (Å²) in [5.74, 6) is 0. The van der Waals surface area contributed by atoms with Gasteiger partial charge < -0.3 is 10.6 Å². The second-order valence-corrected chi connectivity index (χ2v) is 5.64. The summed E-state index contributed by atoms with van der Waals surface area (Å²) in [6, 6.07) is 5.42. The lowest BCUT2D eigenvalue weighted by Gasteiger charge is -2.07. The molecule has 3 nitrogen and oxygen atoms in total. The molecule has 2 aromatic rings. The van der Waals surface area contributed by atoms with E-state index in [-0.39, 0.29) is 0 Å². The van der Waals surface area contributed by atoms with Gasteiger partial charge in [-0.15, -0.1) is 11.3 Å². The summed E-state index contributed by atoms with van der Waals surface area (Å²) in [4.78, 5) is 4.51. The van der Waals surface area contributed by atoms with E-state index >= 15 is 0 Å². The maximum atomic E-state index is 6.11. The van der Waals surface area contributed by atoms with E-state index in [1.165, 1.54) is 0 Å². The molecule has 2 rings (SSSR count). The zero-order valence-corrected chi connectivity index (χ0v) is 12.9. The molecular formula is C13H15Cl2N3S. The summed E-state index contributed by atoms with van der Waals surface area (Å²) in [6.45, 7) is 4.00. The van der Waals surface area contributed by atoms with E-state index in [1.54, 1.807) is 23.5 Å². The molecule has 0 fully saturated rings. The number of thiazole rings is 1. The van der Waals surface area contributed by atoms with Gasteiger partial charge in [0, 0.05) is 18.3 Å². The molecule has 0 aliphatic heterocycles. The molecule has 2 N–H and O–H groups in total. The molecule has 0 radical (unpaired) electrons. The number of nitrogens with zero attached hydrogens (tertiary/aromatic N) is 1. The second-order valence-electron chi connectivity index (χ2n) is 3.97. The third kappa shape index (κ3) is 4.08. The molecule has 0 amide bonds. The molecule has 102 valence electrons. The molecule has 0 unspecified atom stereocenters. The summed E-state index contributed by atoms with van der Waals surface area (Å²) in [5.41, 5.74) is 1.77. The number of benzene rings is 1. The highest BCUT2D eigenvalue weighted by molar-refractivity contribution is 7.13. The van der Waals surface area contributed by atoms with Gasteiger partial charge in [0.15, 0.2) is 5.13 Å². The van der Waals surface area contributed by atoms with Crippen molar-refractivity contribution in [2.24, 2.45) is 0 Å². The van der Waals surface area contributed by atoms with Crippen molar-refractivity contribution >= 4 is 45.4 Å². The van der Waals surface area contributed by atoms with E-state index < -0.39 is 0 Å². The van der Waals surface area contributed by atoms with Gasteiger partial charge in [-0.2, -0.15) is 0 Å². The van der Waals surface area contributed by atoms with Gasteiger partial charge in [0.1, 0.15) is 0 Å². The monoisotopic (exact) mass is 315 g/mol. The fraction of sp³-hybridized carbons (Fsp3) is 0.308. The Kier molecular flexibility index (Phi) is 5.45. The summed E-state index contributed by atoms with van der Waals surface area (Å²) in [7, 11) is 0. The number of rotatable bonds is 6. The van der Waals surface area contributed by atoms with E-state index in [0.29, 0.717) is 15.7 Å². The minimum Gasteiger partial charge on any atom is -0.329 e. The summed E-state index contributed by atoms with van der Waals surface area (Å²) in [5, 5.41) is 10.5. The van der Waals surface area contributed by atoms with Gasteiger partial charge in [0.05, 0.1) is 21.4 Å². The molecule has 1 aromatic heterocycles. The van der Waals surface area contributed by atoms with Crippen LogP contribution in [0.15, 0.2) is 23.6 Å². The summed E-state index contributed by atoms with van der Waals surface area (Å²) >= 11 is 13.8. The van der Waals surface area contributed by atoms with E-state index in [2.05, 4.69) is 22.5 Å². The van der Waals surface area contributed by atoms with Crippen molar-refractivity contribution in [1.29, 1.82) is 0 Å². The van der Waals surface area contributed by atoms with Crippen molar-refractivity contribution in [3.05, 3.63) is 39.3 Å². The molecule has 1 aromatic carbocycles. The van der Waals surface area contributed by atoms with Gasteiger partial charge in [0.2, 0.25) is 0 Å². The lowest BCUT2D eigenvalue weighted by molar-refractivity contribution is 0.710. The van der Waals surface area contributed by atoms with Crippen molar-refractivity contribution in [3.63, 3.8) is 0 Å².